The molecule has 0 aliphatic rings. The molecule has 2 N–H and O–H groups in total. The number of rotatable bonds is 3. The lowest BCUT2D eigenvalue weighted by Gasteiger charge is -2.21. The lowest BCUT2D eigenvalue weighted by Crippen LogP contribution is -2.36. The number of nitrogens with one attached hydrogen (secondary N) is 2. The van der Waals surface area contributed by atoms with Crippen molar-refractivity contribution in [1.82, 2.24) is 25.6 Å². The average Bonchev–Trinajstić information content (AvgIpc) is 3.05. The zero-order valence-corrected chi connectivity index (χ0v) is 12.6. The molecule has 0 aliphatic carbocycles. The Morgan fingerprint density at radius 2 is 2.09 bits per heavy atom. The van der Waals surface area contributed by atoms with Crippen LogP contribution < -0.4 is 5.32 Å². The maximum absolute atomic E-state index is 12.7. The van der Waals surface area contributed by atoms with Gasteiger partial charge in [0.2, 0.25) is 5.91 Å². The number of pyridine rings is 1. The fraction of sp³-hybridized carbons (Fsp3) is 0.267. The molecule has 7 nitrogen and oxygen atoms in total. The summed E-state index contributed by atoms with van der Waals surface area (Å²) >= 11 is 0. The number of aryl methyl sites for hydroxylation is 1. The number of H-pyrrole nitrogens is 1. The average molecular weight is 296 g/mol. The zero-order chi connectivity index (χ0) is 15.7. The highest BCUT2D eigenvalue weighted by Gasteiger charge is 2.34. The Kier molecular flexibility index (Phi) is 3.32. The number of tetrazole rings is 1. The summed E-state index contributed by atoms with van der Waals surface area (Å²) in [7, 11) is 0. The van der Waals surface area contributed by atoms with E-state index in [-0.39, 0.29) is 5.91 Å². The standard InChI is InChI=1S/C15H16N6O/c1-9-6-7-11-10(5-4-8-16-11)12(9)17-14(22)15(2,3)13-18-20-21-19-13/h4-8H,1-3H3,(H,17,22)(H,18,19,20,21). The summed E-state index contributed by atoms with van der Waals surface area (Å²) in [6.07, 6.45) is 1.73. The molecule has 112 valence electrons. The molecule has 1 amide bonds. The van der Waals surface area contributed by atoms with E-state index in [0.717, 1.165) is 22.2 Å². The van der Waals surface area contributed by atoms with Gasteiger partial charge in [-0.15, -0.1) is 10.2 Å². The van der Waals surface area contributed by atoms with Crippen LogP contribution in [0.4, 0.5) is 5.69 Å². The molecule has 0 fully saturated rings. The van der Waals surface area contributed by atoms with Gasteiger partial charge in [0.25, 0.3) is 0 Å². The molecule has 3 aromatic rings. The maximum Gasteiger partial charge on any atom is 0.237 e. The molecule has 0 aliphatic heterocycles. The number of aromatic nitrogens is 5. The van der Waals surface area contributed by atoms with Crippen LogP contribution >= 0.6 is 0 Å². The van der Waals surface area contributed by atoms with Crippen LogP contribution in [0.2, 0.25) is 0 Å². The second-order valence-corrected chi connectivity index (χ2v) is 5.64. The van der Waals surface area contributed by atoms with Gasteiger partial charge in [0.05, 0.1) is 11.2 Å². The number of anilines is 1. The van der Waals surface area contributed by atoms with Gasteiger partial charge in [-0.1, -0.05) is 11.3 Å². The SMILES string of the molecule is Cc1ccc2ncccc2c1NC(=O)C(C)(C)c1nn[nH]n1. The van der Waals surface area contributed by atoms with Crippen LogP contribution in [0.3, 0.4) is 0 Å². The third kappa shape index (κ3) is 2.30. The molecule has 0 radical (unpaired) electrons. The predicted octanol–water partition coefficient (Wildman–Crippen LogP) is 1.97. The first-order valence-corrected chi connectivity index (χ1v) is 6.90. The van der Waals surface area contributed by atoms with Crippen LogP contribution in [0.25, 0.3) is 10.9 Å². The molecule has 1 aromatic carbocycles. The van der Waals surface area contributed by atoms with Crippen molar-refractivity contribution in [2.45, 2.75) is 26.2 Å². The first-order chi connectivity index (χ1) is 10.5. The van der Waals surface area contributed by atoms with Crippen LogP contribution in [-0.4, -0.2) is 31.5 Å². The second-order valence-electron chi connectivity index (χ2n) is 5.64. The number of benzene rings is 1. The van der Waals surface area contributed by atoms with E-state index in [9.17, 15) is 4.79 Å². The Hall–Kier alpha value is -2.83. The Morgan fingerprint density at radius 3 is 2.82 bits per heavy atom. The molecule has 2 aromatic heterocycles. The molecule has 0 unspecified atom stereocenters. The monoisotopic (exact) mass is 296 g/mol. The summed E-state index contributed by atoms with van der Waals surface area (Å²) in [5.74, 6) is 0.148. The van der Waals surface area contributed by atoms with Crippen molar-refractivity contribution in [3.63, 3.8) is 0 Å². The summed E-state index contributed by atoms with van der Waals surface area (Å²) < 4.78 is 0. The lowest BCUT2D eigenvalue weighted by atomic mass is 9.91. The number of hydrogen-bond acceptors (Lipinski definition) is 5. The molecule has 22 heavy (non-hydrogen) atoms. The van der Waals surface area contributed by atoms with Gasteiger partial charge in [0.1, 0.15) is 5.41 Å². The molecule has 2 heterocycles. The molecule has 0 spiro atoms. The van der Waals surface area contributed by atoms with E-state index >= 15 is 0 Å². The summed E-state index contributed by atoms with van der Waals surface area (Å²) in [4.78, 5) is 17.0. The van der Waals surface area contributed by atoms with Gasteiger partial charge in [-0.25, -0.2) is 0 Å². The van der Waals surface area contributed by atoms with E-state index in [1.807, 2.05) is 31.2 Å². The highest BCUT2D eigenvalue weighted by atomic mass is 16.2. The topological polar surface area (TPSA) is 96.5 Å². The van der Waals surface area contributed by atoms with E-state index in [1.165, 1.54) is 0 Å². The highest BCUT2D eigenvalue weighted by molar-refractivity contribution is 6.05. The number of nitrogens with zero attached hydrogens (tertiary/aromatic N) is 4. The van der Waals surface area contributed by atoms with Crippen molar-refractivity contribution < 1.29 is 4.79 Å². The smallest absolute Gasteiger partial charge is 0.237 e. The first-order valence-electron chi connectivity index (χ1n) is 6.90. The third-order valence-electron chi connectivity index (χ3n) is 3.70. The molecule has 0 saturated carbocycles. The largest absolute Gasteiger partial charge is 0.324 e. The quantitative estimate of drug-likeness (QED) is 0.770. The Balaban J connectivity index is 2.00. The minimum atomic E-state index is -0.899. The number of amides is 1. The molecule has 0 bridgehead atoms. The van der Waals surface area contributed by atoms with Gasteiger partial charge < -0.3 is 5.32 Å². The number of fused-ring (bicyclic) bond motifs is 1. The minimum Gasteiger partial charge on any atom is -0.324 e. The van der Waals surface area contributed by atoms with Gasteiger partial charge in [-0.05, 0) is 44.5 Å². The summed E-state index contributed by atoms with van der Waals surface area (Å²) in [6.45, 7) is 5.46. The normalized spacial score (nSPS) is 11.6. The van der Waals surface area contributed by atoms with E-state index in [0.29, 0.717) is 5.82 Å². The second kappa shape index (κ2) is 5.18. The fourth-order valence-corrected chi connectivity index (χ4v) is 2.23. The number of carbonyl (C=O) groups excluding carboxylic acids is 1. The Labute approximate surface area is 127 Å². The molecule has 7 heteroatoms. The van der Waals surface area contributed by atoms with Crippen LogP contribution in [-0.2, 0) is 10.2 Å². The van der Waals surface area contributed by atoms with E-state index in [2.05, 4.69) is 30.9 Å². The van der Waals surface area contributed by atoms with Crippen LogP contribution in [0.5, 0.6) is 0 Å². The Bertz CT molecular complexity index is 825. The van der Waals surface area contributed by atoms with Gasteiger partial charge in [-0.2, -0.15) is 5.21 Å². The zero-order valence-electron chi connectivity index (χ0n) is 12.6. The summed E-state index contributed by atoms with van der Waals surface area (Å²) in [5.41, 5.74) is 1.66. The van der Waals surface area contributed by atoms with Crippen molar-refractivity contribution >= 4 is 22.5 Å². The van der Waals surface area contributed by atoms with Gasteiger partial charge in [0, 0.05) is 11.6 Å². The van der Waals surface area contributed by atoms with Crippen molar-refractivity contribution in [3.8, 4) is 0 Å². The van der Waals surface area contributed by atoms with Gasteiger partial charge in [0.15, 0.2) is 5.82 Å². The van der Waals surface area contributed by atoms with Crippen LogP contribution in [0, 0.1) is 6.92 Å². The molecule has 3 rings (SSSR count). The van der Waals surface area contributed by atoms with Crippen molar-refractivity contribution in [3.05, 3.63) is 41.9 Å². The fourth-order valence-electron chi connectivity index (χ4n) is 2.23. The minimum absolute atomic E-state index is 0.201. The maximum atomic E-state index is 12.7. The van der Waals surface area contributed by atoms with Crippen LogP contribution in [0.15, 0.2) is 30.5 Å². The predicted molar refractivity (Wildman–Crippen MR) is 82.3 cm³/mol. The van der Waals surface area contributed by atoms with E-state index in [4.69, 9.17) is 0 Å². The summed E-state index contributed by atoms with van der Waals surface area (Å²) in [6, 6.07) is 7.66. The molecular formula is C15H16N6O. The van der Waals surface area contributed by atoms with E-state index < -0.39 is 5.41 Å². The molecular weight excluding hydrogens is 280 g/mol. The van der Waals surface area contributed by atoms with E-state index in [1.54, 1.807) is 20.0 Å². The first kappa shape index (κ1) is 14.1. The van der Waals surface area contributed by atoms with Crippen LogP contribution in [0.1, 0.15) is 25.2 Å². The number of carbonyl (C=O) groups is 1. The number of hydrogen-bond donors (Lipinski definition) is 2. The van der Waals surface area contributed by atoms with Gasteiger partial charge >= 0.3 is 0 Å². The lowest BCUT2D eigenvalue weighted by molar-refractivity contribution is -0.120. The van der Waals surface area contributed by atoms with Crippen molar-refractivity contribution in [2.24, 2.45) is 0 Å². The van der Waals surface area contributed by atoms with Crippen molar-refractivity contribution in [1.29, 1.82) is 0 Å². The number of aromatic amines is 1. The molecule has 0 atom stereocenters. The third-order valence-corrected chi connectivity index (χ3v) is 3.70. The van der Waals surface area contributed by atoms with Gasteiger partial charge in [-0.3, -0.25) is 9.78 Å². The highest BCUT2D eigenvalue weighted by Crippen LogP contribution is 2.28. The van der Waals surface area contributed by atoms with Crippen molar-refractivity contribution in [2.75, 3.05) is 5.32 Å². The molecule has 0 saturated heterocycles. The summed E-state index contributed by atoms with van der Waals surface area (Å²) in [5, 5.41) is 17.6. The Morgan fingerprint density at radius 1 is 1.27 bits per heavy atom.